The van der Waals surface area contributed by atoms with Crippen molar-refractivity contribution in [2.75, 3.05) is 0 Å². The van der Waals surface area contributed by atoms with Crippen LogP contribution in [-0.2, 0) is 9.84 Å². The molecule has 0 saturated heterocycles. The Morgan fingerprint density at radius 3 is 2.00 bits per heavy atom. The van der Waals surface area contributed by atoms with Crippen LogP contribution in [0, 0.1) is 0 Å². The lowest BCUT2D eigenvalue weighted by molar-refractivity contribution is 0.598. The molecule has 0 radical (unpaired) electrons. The van der Waals surface area contributed by atoms with Crippen molar-refractivity contribution in [3.8, 4) is 39.1 Å². The number of hydrogen-bond acceptors (Lipinski definition) is 2. The van der Waals surface area contributed by atoms with Crippen molar-refractivity contribution in [3.05, 3.63) is 127 Å². The summed E-state index contributed by atoms with van der Waals surface area (Å²) in [5.41, 5.74) is 9.64. The minimum absolute atomic E-state index is 0.390. The molecule has 206 valence electrons. The predicted molar refractivity (Wildman–Crippen MR) is 179 cm³/mol. The van der Waals surface area contributed by atoms with Gasteiger partial charge in [0, 0.05) is 27.6 Å². The standard InChI is InChI=1S/C38H27NO2SSi/c1-43(2)37-15-9-7-13-29(37)32-22-34-31(23-38(32)43)30-20-24(17-19-33(30)39(34)26-10-4-3-5-11-26)25-16-18-28-27-12-6-8-14-35(27)42(40,41)36(28)21-25/h3-23H,1-2H3. The fourth-order valence-electron chi connectivity index (χ4n) is 7.44. The van der Waals surface area contributed by atoms with Crippen LogP contribution in [0.1, 0.15) is 0 Å². The first-order valence-corrected chi connectivity index (χ1v) is 19.1. The molecule has 0 aliphatic carbocycles. The molecule has 43 heavy (non-hydrogen) atoms. The first-order chi connectivity index (χ1) is 20.8. The molecule has 0 N–H and O–H groups in total. The lowest BCUT2D eigenvalue weighted by Crippen LogP contribution is -2.49. The smallest absolute Gasteiger partial charge is 0.207 e. The minimum Gasteiger partial charge on any atom is -0.309 e. The number of nitrogens with zero attached hydrogens (tertiary/aromatic N) is 1. The maximum absolute atomic E-state index is 13.5. The van der Waals surface area contributed by atoms with Crippen molar-refractivity contribution < 1.29 is 8.42 Å². The van der Waals surface area contributed by atoms with Gasteiger partial charge < -0.3 is 4.57 Å². The van der Waals surface area contributed by atoms with Crippen LogP contribution in [0.2, 0.25) is 13.1 Å². The average Bonchev–Trinajstić information content (AvgIpc) is 3.57. The van der Waals surface area contributed by atoms with Gasteiger partial charge in [0.05, 0.1) is 20.8 Å². The summed E-state index contributed by atoms with van der Waals surface area (Å²) < 4.78 is 29.3. The number of aromatic nitrogens is 1. The summed E-state index contributed by atoms with van der Waals surface area (Å²) in [5, 5.41) is 5.37. The topological polar surface area (TPSA) is 39.1 Å². The largest absolute Gasteiger partial charge is 0.309 e. The molecule has 3 nitrogen and oxygen atoms in total. The molecule has 0 saturated carbocycles. The van der Waals surface area contributed by atoms with E-state index in [1.54, 1.807) is 12.1 Å². The van der Waals surface area contributed by atoms with Gasteiger partial charge >= 0.3 is 0 Å². The van der Waals surface area contributed by atoms with Gasteiger partial charge in [-0.2, -0.15) is 0 Å². The molecule has 7 aromatic rings. The number of sulfone groups is 1. The molecule has 2 aliphatic rings. The summed E-state index contributed by atoms with van der Waals surface area (Å²) in [4.78, 5) is 0.784. The minimum atomic E-state index is -3.55. The van der Waals surface area contributed by atoms with Gasteiger partial charge in [0.25, 0.3) is 0 Å². The van der Waals surface area contributed by atoms with Crippen molar-refractivity contribution in [3.63, 3.8) is 0 Å². The molecule has 0 fully saturated rings. The first-order valence-electron chi connectivity index (χ1n) is 14.6. The Kier molecular flexibility index (Phi) is 4.87. The predicted octanol–water partition coefficient (Wildman–Crippen LogP) is 8.07. The Morgan fingerprint density at radius 2 is 1.16 bits per heavy atom. The van der Waals surface area contributed by atoms with Crippen LogP contribution < -0.4 is 10.4 Å². The third-order valence-electron chi connectivity index (χ3n) is 9.55. The number of para-hydroxylation sites is 1. The van der Waals surface area contributed by atoms with Crippen molar-refractivity contribution in [1.29, 1.82) is 0 Å². The highest BCUT2D eigenvalue weighted by Crippen LogP contribution is 2.45. The third-order valence-corrected chi connectivity index (χ3v) is 14.9. The van der Waals surface area contributed by atoms with Gasteiger partial charge in [0.15, 0.2) is 0 Å². The first kappa shape index (κ1) is 24.8. The molecule has 0 spiro atoms. The molecular weight excluding hydrogens is 563 g/mol. The Bertz CT molecular complexity index is 2440. The zero-order valence-corrected chi connectivity index (χ0v) is 25.6. The number of fused-ring (bicyclic) bond motifs is 9. The summed E-state index contributed by atoms with van der Waals surface area (Å²) in [7, 11) is -5.42. The molecule has 1 aromatic heterocycles. The number of benzene rings is 6. The lowest BCUT2D eigenvalue weighted by Gasteiger charge is -2.18. The highest BCUT2D eigenvalue weighted by atomic mass is 32.2. The maximum atomic E-state index is 13.5. The van der Waals surface area contributed by atoms with E-state index in [0.29, 0.717) is 9.79 Å². The summed E-state index contributed by atoms with van der Waals surface area (Å²) in [6, 6.07) is 44.0. The monoisotopic (exact) mass is 589 g/mol. The average molecular weight is 590 g/mol. The third kappa shape index (κ3) is 3.26. The van der Waals surface area contributed by atoms with Crippen LogP contribution in [0.4, 0.5) is 0 Å². The summed E-state index contributed by atoms with van der Waals surface area (Å²) in [6.07, 6.45) is 0. The van der Waals surface area contributed by atoms with Gasteiger partial charge in [-0.3, -0.25) is 0 Å². The zero-order chi connectivity index (χ0) is 29.1. The van der Waals surface area contributed by atoms with E-state index in [0.717, 1.165) is 33.5 Å². The van der Waals surface area contributed by atoms with Crippen LogP contribution in [0.25, 0.3) is 60.9 Å². The highest BCUT2D eigenvalue weighted by Gasteiger charge is 2.38. The second kappa shape index (κ2) is 8.44. The second-order valence-electron chi connectivity index (χ2n) is 12.2. The van der Waals surface area contributed by atoms with Gasteiger partial charge in [-0.15, -0.1) is 0 Å². The Hall–Kier alpha value is -4.71. The van der Waals surface area contributed by atoms with E-state index in [4.69, 9.17) is 0 Å². The second-order valence-corrected chi connectivity index (χ2v) is 18.4. The molecule has 6 aromatic carbocycles. The van der Waals surface area contributed by atoms with Crippen LogP contribution >= 0.6 is 0 Å². The maximum Gasteiger partial charge on any atom is 0.207 e. The molecule has 2 aliphatic heterocycles. The summed E-state index contributed by atoms with van der Waals surface area (Å²) in [5.74, 6) is 0. The van der Waals surface area contributed by atoms with Gasteiger partial charge in [0.1, 0.15) is 8.07 Å². The molecular formula is C38H27NO2SSi. The van der Waals surface area contributed by atoms with Crippen LogP contribution in [0.3, 0.4) is 0 Å². The zero-order valence-electron chi connectivity index (χ0n) is 23.8. The fraction of sp³-hybridized carbons (Fsp3) is 0.0526. The van der Waals surface area contributed by atoms with E-state index < -0.39 is 17.9 Å². The SMILES string of the molecule is C[Si]1(C)c2ccccc2-c2cc3c(cc21)c1cc(-c2ccc4c(c2)S(=O)(=O)c2ccccc2-4)ccc1n3-c1ccccc1. The number of hydrogen-bond donors (Lipinski definition) is 0. The quantitative estimate of drug-likeness (QED) is 0.191. The van der Waals surface area contributed by atoms with Gasteiger partial charge in [0.2, 0.25) is 9.84 Å². The highest BCUT2D eigenvalue weighted by molar-refractivity contribution is 7.92. The van der Waals surface area contributed by atoms with Crippen LogP contribution in [-0.4, -0.2) is 21.1 Å². The fourth-order valence-corrected chi connectivity index (χ4v) is 12.2. The molecule has 9 rings (SSSR count). The van der Waals surface area contributed by atoms with Crippen molar-refractivity contribution in [2.24, 2.45) is 0 Å². The van der Waals surface area contributed by atoms with Gasteiger partial charge in [-0.25, -0.2) is 8.42 Å². The molecule has 5 heteroatoms. The van der Waals surface area contributed by atoms with E-state index in [2.05, 4.69) is 109 Å². The Morgan fingerprint density at radius 1 is 0.512 bits per heavy atom. The van der Waals surface area contributed by atoms with Crippen molar-refractivity contribution >= 4 is 50.1 Å². The van der Waals surface area contributed by atoms with Crippen molar-refractivity contribution in [1.82, 2.24) is 4.57 Å². The van der Waals surface area contributed by atoms with Crippen molar-refractivity contribution in [2.45, 2.75) is 22.9 Å². The normalized spacial score (nSPS) is 15.3. The van der Waals surface area contributed by atoms with E-state index in [1.807, 2.05) is 24.3 Å². The van der Waals surface area contributed by atoms with Gasteiger partial charge in [-0.05, 0) is 75.1 Å². The van der Waals surface area contributed by atoms with E-state index in [-0.39, 0.29) is 0 Å². The lowest BCUT2D eigenvalue weighted by atomic mass is 9.98. The Balaban J connectivity index is 1.31. The van der Waals surface area contributed by atoms with Crippen LogP contribution in [0.5, 0.6) is 0 Å². The summed E-state index contributed by atoms with van der Waals surface area (Å²) >= 11 is 0. The number of rotatable bonds is 2. The molecule has 0 unspecified atom stereocenters. The molecule has 0 bridgehead atoms. The van der Waals surface area contributed by atoms with E-state index >= 15 is 0 Å². The molecule has 0 atom stereocenters. The molecule has 0 amide bonds. The Labute approximate surface area is 251 Å². The van der Waals surface area contributed by atoms with E-state index in [1.165, 1.54) is 37.8 Å². The van der Waals surface area contributed by atoms with E-state index in [9.17, 15) is 8.42 Å². The summed E-state index contributed by atoms with van der Waals surface area (Å²) in [6.45, 7) is 4.91. The molecule has 3 heterocycles. The van der Waals surface area contributed by atoms with Crippen LogP contribution in [0.15, 0.2) is 137 Å². The van der Waals surface area contributed by atoms with Gasteiger partial charge in [-0.1, -0.05) is 98.0 Å².